The van der Waals surface area contributed by atoms with Crippen LogP contribution in [0.15, 0.2) is 41.8 Å². The molecule has 0 spiro atoms. The Morgan fingerprint density at radius 3 is 2.91 bits per heavy atom. The van der Waals surface area contributed by atoms with Gasteiger partial charge in [-0.2, -0.15) is 0 Å². The molecule has 0 saturated heterocycles. The number of nitrogens with zero attached hydrogens (tertiary/aromatic N) is 3. The van der Waals surface area contributed by atoms with Gasteiger partial charge in [-0.25, -0.2) is 15.0 Å². The van der Waals surface area contributed by atoms with Gasteiger partial charge in [0, 0.05) is 17.4 Å². The Morgan fingerprint density at radius 1 is 1.36 bits per heavy atom. The highest BCUT2D eigenvalue weighted by atomic mass is 35.5. The van der Waals surface area contributed by atoms with Crippen LogP contribution in [-0.2, 0) is 4.79 Å². The quantitative estimate of drug-likeness (QED) is 0.717. The molecule has 8 heteroatoms. The van der Waals surface area contributed by atoms with Gasteiger partial charge in [0.15, 0.2) is 5.16 Å². The zero-order valence-corrected chi connectivity index (χ0v) is 13.1. The number of nitrogens with one attached hydrogen (secondary N) is 2. The molecule has 1 amide bonds. The molecule has 0 saturated carbocycles. The fourth-order valence-corrected chi connectivity index (χ4v) is 2.80. The van der Waals surface area contributed by atoms with Crippen molar-refractivity contribution in [2.24, 2.45) is 0 Å². The van der Waals surface area contributed by atoms with E-state index in [9.17, 15) is 4.79 Å². The van der Waals surface area contributed by atoms with Crippen LogP contribution < -0.4 is 5.32 Å². The Balaban J connectivity index is 1.69. The van der Waals surface area contributed by atoms with Gasteiger partial charge in [0.2, 0.25) is 11.9 Å². The van der Waals surface area contributed by atoms with Crippen molar-refractivity contribution < 1.29 is 4.79 Å². The van der Waals surface area contributed by atoms with Crippen molar-refractivity contribution in [3.05, 3.63) is 41.7 Å². The maximum Gasteiger partial charge on any atom is 0.240 e. The van der Waals surface area contributed by atoms with Gasteiger partial charge in [0.05, 0.1) is 16.3 Å². The lowest BCUT2D eigenvalue weighted by atomic mass is 10.3. The van der Waals surface area contributed by atoms with E-state index in [1.165, 1.54) is 11.8 Å². The van der Waals surface area contributed by atoms with Gasteiger partial charge in [0.25, 0.3) is 0 Å². The average Bonchev–Trinajstić information content (AvgIpc) is 2.89. The van der Waals surface area contributed by atoms with E-state index in [-0.39, 0.29) is 17.1 Å². The number of thioether (sulfide) groups is 1. The highest BCUT2D eigenvalue weighted by Gasteiger charge is 2.17. The van der Waals surface area contributed by atoms with Crippen LogP contribution in [0.3, 0.4) is 0 Å². The van der Waals surface area contributed by atoms with Crippen LogP contribution in [0.2, 0.25) is 5.02 Å². The number of carbonyl (C=O) groups excluding carboxylic acids is 1. The van der Waals surface area contributed by atoms with Gasteiger partial charge >= 0.3 is 0 Å². The number of rotatable bonds is 4. The van der Waals surface area contributed by atoms with Crippen LogP contribution in [0.4, 0.5) is 5.95 Å². The predicted molar refractivity (Wildman–Crippen MR) is 87.1 cm³/mol. The summed E-state index contributed by atoms with van der Waals surface area (Å²) in [4.78, 5) is 27.6. The lowest BCUT2D eigenvalue weighted by Crippen LogP contribution is -2.23. The van der Waals surface area contributed by atoms with Crippen molar-refractivity contribution in [3.8, 4) is 0 Å². The summed E-state index contributed by atoms with van der Waals surface area (Å²) in [5.74, 6) is 0.103. The summed E-state index contributed by atoms with van der Waals surface area (Å²) >= 11 is 7.27. The molecule has 2 heterocycles. The monoisotopic (exact) mass is 333 g/mol. The number of carbonyl (C=O) groups is 1. The Morgan fingerprint density at radius 2 is 2.14 bits per heavy atom. The van der Waals surface area contributed by atoms with Crippen molar-refractivity contribution in [1.29, 1.82) is 0 Å². The molecule has 0 aliphatic heterocycles. The number of aromatic amines is 1. The van der Waals surface area contributed by atoms with Gasteiger partial charge in [-0.1, -0.05) is 23.4 Å². The molecule has 2 N–H and O–H groups in total. The zero-order valence-electron chi connectivity index (χ0n) is 11.6. The summed E-state index contributed by atoms with van der Waals surface area (Å²) < 4.78 is 0. The van der Waals surface area contributed by atoms with Crippen LogP contribution in [0.1, 0.15) is 6.92 Å². The summed E-state index contributed by atoms with van der Waals surface area (Å²) in [5.41, 5.74) is 1.65. The summed E-state index contributed by atoms with van der Waals surface area (Å²) in [7, 11) is 0. The van der Waals surface area contributed by atoms with Crippen molar-refractivity contribution in [3.63, 3.8) is 0 Å². The minimum absolute atomic E-state index is 0.185. The second kappa shape index (κ2) is 6.33. The third-order valence-corrected chi connectivity index (χ3v) is 4.10. The van der Waals surface area contributed by atoms with Gasteiger partial charge in [-0.3, -0.25) is 10.1 Å². The Labute approximate surface area is 135 Å². The van der Waals surface area contributed by atoms with Crippen molar-refractivity contribution in [2.45, 2.75) is 17.3 Å². The fourth-order valence-electron chi connectivity index (χ4n) is 1.81. The molecule has 112 valence electrons. The second-order valence-corrected chi connectivity index (χ2v) is 6.29. The smallest absolute Gasteiger partial charge is 0.240 e. The number of fused-ring (bicyclic) bond motifs is 1. The number of amides is 1. The van der Waals surface area contributed by atoms with Crippen LogP contribution in [-0.4, -0.2) is 31.1 Å². The molecule has 1 aromatic carbocycles. The molecular weight excluding hydrogens is 322 g/mol. The molecule has 2 aromatic heterocycles. The molecule has 1 atom stereocenters. The Hall–Kier alpha value is -2.12. The van der Waals surface area contributed by atoms with Gasteiger partial charge in [-0.05, 0) is 31.2 Å². The number of halogens is 1. The van der Waals surface area contributed by atoms with E-state index in [1.807, 2.05) is 6.07 Å². The molecule has 22 heavy (non-hydrogen) atoms. The number of aromatic nitrogens is 4. The first-order chi connectivity index (χ1) is 10.6. The van der Waals surface area contributed by atoms with Crippen molar-refractivity contribution in [2.75, 3.05) is 5.32 Å². The molecule has 1 unspecified atom stereocenters. The topological polar surface area (TPSA) is 83.6 Å². The lowest BCUT2D eigenvalue weighted by Gasteiger charge is -2.08. The highest BCUT2D eigenvalue weighted by molar-refractivity contribution is 8.00. The maximum atomic E-state index is 12.1. The predicted octanol–water partition coefficient (Wildman–Crippen LogP) is 3.13. The lowest BCUT2D eigenvalue weighted by molar-refractivity contribution is -0.115. The van der Waals surface area contributed by atoms with E-state index >= 15 is 0 Å². The van der Waals surface area contributed by atoms with Crippen LogP contribution in [0.25, 0.3) is 11.0 Å². The van der Waals surface area contributed by atoms with Crippen molar-refractivity contribution >= 4 is 46.3 Å². The van der Waals surface area contributed by atoms with E-state index in [0.29, 0.717) is 10.2 Å². The van der Waals surface area contributed by atoms with E-state index in [4.69, 9.17) is 11.6 Å². The standard InChI is InChI=1S/C14H12ClN5OS/c1-8(12(21)20-13-16-5-2-6-17-13)22-14-18-10-4-3-9(15)7-11(10)19-14/h2-8H,1H3,(H,18,19)(H,16,17,20,21). The largest absolute Gasteiger partial charge is 0.333 e. The number of hydrogen-bond donors (Lipinski definition) is 2. The Bertz CT molecular complexity index is 807. The molecule has 0 aliphatic rings. The first-order valence-corrected chi connectivity index (χ1v) is 7.77. The van der Waals surface area contributed by atoms with E-state index in [1.54, 1.807) is 37.5 Å². The van der Waals surface area contributed by atoms with E-state index < -0.39 is 0 Å². The fraction of sp³-hybridized carbons (Fsp3) is 0.143. The minimum atomic E-state index is -0.347. The third kappa shape index (κ3) is 3.37. The molecule has 3 aromatic rings. The molecular formula is C14H12ClN5OS. The van der Waals surface area contributed by atoms with Crippen LogP contribution in [0.5, 0.6) is 0 Å². The van der Waals surface area contributed by atoms with Gasteiger partial charge in [0.1, 0.15) is 0 Å². The Kier molecular flexibility index (Phi) is 4.26. The number of imidazole rings is 1. The minimum Gasteiger partial charge on any atom is -0.333 e. The summed E-state index contributed by atoms with van der Waals surface area (Å²) in [6, 6.07) is 7.10. The summed E-state index contributed by atoms with van der Waals surface area (Å²) in [5, 5.41) is 3.61. The normalized spacial score (nSPS) is 12.3. The molecule has 0 radical (unpaired) electrons. The van der Waals surface area contributed by atoms with Crippen molar-refractivity contribution in [1.82, 2.24) is 19.9 Å². The molecule has 0 bridgehead atoms. The van der Waals surface area contributed by atoms with E-state index in [2.05, 4.69) is 25.3 Å². The van der Waals surface area contributed by atoms with Crippen LogP contribution in [0, 0.1) is 0 Å². The SMILES string of the molecule is CC(Sc1nc2ccc(Cl)cc2[nH]1)C(=O)Nc1ncccn1. The molecule has 6 nitrogen and oxygen atoms in total. The number of H-pyrrole nitrogens is 1. The number of hydrogen-bond acceptors (Lipinski definition) is 5. The number of benzene rings is 1. The first kappa shape index (κ1) is 14.8. The second-order valence-electron chi connectivity index (χ2n) is 4.53. The maximum absolute atomic E-state index is 12.1. The number of anilines is 1. The molecule has 0 aliphatic carbocycles. The molecule has 3 rings (SSSR count). The molecule has 0 fully saturated rings. The summed E-state index contributed by atoms with van der Waals surface area (Å²) in [6.07, 6.45) is 3.15. The highest BCUT2D eigenvalue weighted by Crippen LogP contribution is 2.25. The zero-order chi connectivity index (χ0) is 15.5. The van der Waals surface area contributed by atoms with Crippen LogP contribution >= 0.6 is 23.4 Å². The summed E-state index contributed by atoms with van der Waals surface area (Å²) in [6.45, 7) is 1.79. The van der Waals surface area contributed by atoms with Gasteiger partial charge in [-0.15, -0.1) is 0 Å². The van der Waals surface area contributed by atoms with Gasteiger partial charge < -0.3 is 4.98 Å². The first-order valence-electron chi connectivity index (χ1n) is 6.51. The third-order valence-electron chi connectivity index (χ3n) is 2.88. The van der Waals surface area contributed by atoms with E-state index in [0.717, 1.165) is 11.0 Å². The average molecular weight is 334 g/mol.